The molecule has 82 valence electrons. The summed E-state index contributed by atoms with van der Waals surface area (Å²) >= 11 is 0. The van der Waals surface area contributed by atoms with Crippen LogP contribution in [0.3, 0.4) is 0 Å². The zero-order valence-corrected chi connectivity index (χ0v) is 8.05. The minimum atomic E-state index is -0.693. The molecule has 2 nitrogen and oxygen atoms in total. The molecule has 0 unspecified atom stereocenters. The number of halogens is 3. The highest BCUT2D eigenvalue weighted by molar-refractivity contribution is 5.59. The summed E-state index contributed by atoms with van der Waals surface area (Å²) in [4.78, 5) is 3.35. The number of hydrogen-bond acceptors (Lipinski definition) is 2. The molecule has 0 saturated carbocycles. The fourth-order valence-corrected chi connectivity index (χ4v) is 1.23. The Morgan fingerprint density at radius 1 is 1.00 bits per heavy atom. The van der Waals surface area contributed by atoms with Crippen LogP contribution in [0.4, 0.5) is 24.5 Å². The lowest BCUT2D eigenvalue weighted by Gasteiger charge is -2.07. The maximum absolute atomic E-state index is 13.2. The first-order chi connectivity index (χ1) is 7.65. The number of anilines is 2. The highest BCUT2D eigenvalue weighted by Gasteiger charge is 2.04. The van der Waals surface area contributed by atoms with Crippen molar-refractivity contribution in [3.8, 4) is 0 Å². The van der Waals surface area contributed by atoms with Gasteiger partial charge < -0.3 is 5.32 Å². The van der Waals surface area contributed by atoms with Gasteiger partial charge >= 0.3 is 0 Å². The van der Waals surface area contributed by atoms with E-state index in [1.807, 2.05) is 0 Å². The van der Waals surface area contributed by atoms with Crippen LogP contribution in [0.5, 0.6) is 0 Å². The fourth-order valence-electron chi connectivity index (χ4n) is 1.23. The molecule has 1 heterocycles. The predicted molar refractivity (Wildman–Crippen MR) is 53.8 cm³/mol. The molecule has 0 aliphatic rings. The van der Waals surface area contributed by atoms with Gasteiger partial charge in [0.1, 0.15) is 11.6 Å². The molecule has 1 N–H and O–H groups in total. The summed E-state index contributed by atoms with van der Waals surface area (Å²) in [5.41, 5.74) is 0.252. The summed E-state index contributed by atoms with van der Waals surface area (Å²) in [5.74, 6) is -1.88. The number of aromatic nitrogens is 1. The Balaban J connectivity index is 2.30. The van der Waals surface area contributed by atoms with Gasteiger partial charge in [-0.2, -0.15) is 4.39 Å². The Hall–Kier alpha value is -2.04. The van der Waals surface area contributed by atoms with E-state index in [2.05, 4.69) is 10.3 Å². The van der Waals surface area contributed by atoms with Crippen molar-refractivity contribution >= 4 is 11.4 Å². The molecule has 1 aromatic heterocycles. The Morgan fingerprint density at radius 2 is 1.81 bits per heavy atom. The Bertz CT molecular complexity index is 514. The van der Waals surface area contributed by atoms with E-state index in [1.165, 1.54) is 12.3 Å². The van der Waals surface area contributed by atoms with Gasteiger partial charge in [0.25, 0.3) is 0 Å². The molecule has 0 amide bonds. The van der Waals surface area contributed by atoms with Crippen LogP contribution in [0.25, 0.3) is 0 Å². The second-order valence-electron chi connectivity index (χ2n) is 3.12. The van der Waals surface area contributed by atoms with E-state index >= 15 is 0 Å². The van der Waals surface area contributed by atoms with Gasteiger partial charge in [-0.3, -0.25) is 0 Å². The van der Waals surface area contributed by atoms with Crippen LogP contribution in [0.1, 0.15) is 0 Å². The number of pyridine rings is 1. The van der Waals surface area contributed by atoms with Crippen molar-refractivity contribution < 1.29 is 13.2 Å². The van der Waals surface area contributed by atoms with Crippen molar-refractivity contribution in [1.29, 1.82) is 0 Å². The van der Waals surface area contributed by atoms with E-state index in [0.717, 1.165) is 24.3 Å². The Kier molecular flexibility index (Phi) is 2.76. The first kappa shape index (κ1) is 10.5. The highest BCUT2D eigenvalue weighted by atomic mass is 19.1. The maximum Gasteiger partial charge on any atom is 0.214 e. The Morgan fingerprint density at radius 3 is 2.56 bits per heavy atom. The third-order valence-corrected chi connectivity index (χ3v) is 1.93. The van der Waals surface area contributed by atoms with E-state index in [-0.39, 0.29) is 5.69 Å². The van der Waals surface area contributed by atoms with E-state index in [1.54, 1.807) is 0 Å². The lowest BCUT2D eigenvalue weighted by molar-refractivity contribution is 0.584. The SMILES string of the molecule is Fc1ccc(F)c(Nc2ccnc(F)c2)c1. The van der Waals surface area contributed by atoms with Gasteiger partial charge in [-0.25, -0.2) is 13.8 Å². The number of rotatable bonds is 2. The van der Waals surface area contributed by atoms with Crippen LogP contribution in [0.2, 0.25) is 0 Å². The molecule has 1 aromatic carbocycles. The van der Waals surface area contributed by atoms with E-state index < -0.39 is 17.6 Å². The molecular weight excluding hydrogens is 217 g/mol. The standard InChI is InChI=1S/C11H7F3N2/c12-7-1-2-9(13)10(5-7)16-8-3-4-15-11(14)6-8/h1-6H,(H,15,16). The van der Waals surface area contributed by atoms with E-state index in [0.29, 0.717) is 5.69 Å². The number of hydrogen-bond donors (Lipinski definition) is 1. The van der Waals surface area contributed by atoms with Crippen LogP contribution in [0, 0.1) is 17.6 Å². The minimum absolute atomic E-state index is 0.0504. The zero-order valence-electron chi connectivity index (χ0n) is 8.05. The minimum Gasteiger partial charge on any atom is -0.353 e. The average molecular weight is 224 g/mol. The molecule has 2 aromatic rings. The number of nitrogens with one attached hydrogen (secondary N) is 1. The van der Waals surface area contributed by atoms with Crippen LogP contribution >= 0.6 is 0 Å². The average Bonchev–Trinajstić information content (AvgIpc) is 2.24. The Labute approximate surface area is 89.8 Å². The van der Waals surface area contributed by atoms with Crippen molar-refractivity contribution in [2.75, 3.05) is 5.32 Å². The molecule has 0 bridgehead atoms. The van der Waals surface area contributed by atoms with Crippen LogP contribution < -0.4 is 5.32 Å². The topological polar surface area (TPSA) is 24.9 Å². The highest BCUT2D eigenvalue weighted by Crippen LogP contribution is 2.20. The van der Waals surface area contributed by atoms with Gasteiger partial charge in [0.05, 0.1) is 5.69 Å². The van der Waals surface area contributed by atoms with Crippen molar-refractivity contribution in [3.63, 3.8) is 0 Å². The summed E-state index contributed by atoms with van der Waals surface area (Å²) in [6.07, 6.45) is 1.23. The summed E-state index contributed by atoms with van der Waals surface area (Å²) in [5, 5.41) is 2.56. The van der Waals surface area contributed by atoms with Gasteiger partial charge in [-0.05, 0) is 18.2 Å². The zero-order chi connectivity index (χ0) is 11.5. The quantitative estimate of drug-likeness (QED) is 0.792. The molecular formula is C11H7F3N2. The van der Waals surface area contributed by atoms with Gasteiger partial charge in [-0.1, -0.05) is 0 Å². The molecule has 0 atom stereocenters. The smallest absolute Gasteiger partial charge is 0.214 e. The summed E-state index contributed by atoms with van der Waals surface area (Å²) < 4.78 is 38.8. The molecule has 0 saturated heterocycles. The van der Waals surface area contributed by atoms with Crippen LogP contribution in [0.15, 0.2) is 36.5 Å². The van der Waals surface area contributed by atoms with Crippen molar-refractivity contribution in [2.45, 2.75) is 0 Å². The molecule has 0 aliphatic heterocycles. The number of benzene rings is 1. The largest absolute Gasteiger partial charge is 0.353 e. The molecule has 0 spiro atoms. The summed E-state index contributed by atoms with van der Waals surface area (Å²) in [6, 6.07) is 5.54. The third-order valence-electron chi connectivity index (χ3n) is 1.93. The van der Waals surface area contributed by atoms with Crippen molar-refractivity contribution in [3.05, 3.63) is 54.1 Å². The lowest BCUT2D eigenvalue weighted by Crippen LogP contribution is -1.95. The molecule has 0 radical (unpaired) electrons. The first-order valence-corrected chi connectivity index (χ1v) is 4.49. The third kappa shape index (κ3) is 2.31. The predicted octanol–water partition coefficient (Wildman–Crippen LogP) is 3.24. The number of nitrogens with zero attached hydrogens (tertiary/aromatic N) is 1. The molecule has 0 aliphatic carbocycles. The monoisotopic (exact) mass is 224 g/mol. The molecule has 16 heavy (non-hydrogen) atoms. The second-order valence-corrected chi connectivity index (χ2v) is 3.12. The van der Waals surface area contributed by atoms with Gasteiger partial charge in [-0.15, -0.1) is 0 Å². The summed E-state index contributed by atoms with van der Waals surface area (Å²) in [7, 11) is 0. The van der Waals surface area contributed by atoms with Crippen LogP contribution in [-0.4, -0.2) is 4.98 Å². The maximum atomic E-state index is 13.2. The normalized spacial score (nSPS) is 10.2. The van der Waals surface area contributed by atoms with Gasteiger partial charge in [0.15, 0.2) is 0 Å². The van der Waals surface area contributed by atoms with Crippen LogP contribution in [-0.2, 0) is 0 Å². The molecule has 0 fully saturated rings. The van der Waals surface area contributed by atoms with E-state index in [4.69, 9.17) is 0 Å². The fraction of sp³-hybridized carbons (Fsp3) is 0. The van der Waals surface area contributed by atoms with Gasteiger partial charge in [0, 0.05) is 24.0 Å². The van der Waals surface area contributed by atoms with Gasteiger partial charge in [0.2, 0.25) is 5.95 Å². The molecule has 5 heteroatoms. The summed E-state index contributed by atoms with van der Waals surface area (Å²) in [6.45, 7) is 0. The van der Waals surface area contributed by atoms with Crippen molar-refractivity contribution in [1.82, 2.24) is 4.98 Å². The van der Waals surface area contributed by atoms with Crippen molar-refractivity contribution in [2.24, 2.45) is 0 Å². The molecule has 2 rings (SSSR count). The van der Waals surface area contributed by atoms with E-state index in [9.17, 15) is 13.2 Å². The second kappa shape index (κ2) is 4.22. The first-order valence-electron chi connectivity index (χ1n) is 4.49. The lowest BCUT2D eigenvalue weighted by atomic mass is 10.3.